The van der Waals surface area contributed by atoms with Crippen molar-refractivity contribution in [2.75, 3.05) is 13.6 Å². The molecule has 20 heavy (non-hydrogen) atoms. The molecule has 0 aromatic carbocycles. The van der Waals surface area contributed by atoms with Crippen molar-refractivity contribution in [1.29, 1.82) is 0 Å². The number of hydrogen-bond donors (Lipinski definition) is 2. The first-order valence-corrected chi connectivity index (χ1v) is 6.77. The minimum Gasteiger partial charge on any atom is -0.334 e. The topological polar surface area (TPSA) is 78.5 Å². The molecule has 1 saturated heterocycles. The summed E-state index contributed by atoms with van der Waals surface area (Å²) in [6, 6.07) is -0.435. The quantitative estimate of drug-likeness (QED) is 0.560. The van der Waals surface area contributed by atoms with Crippen LogP contribution in [0.15, 0.2) is 0 Å². The summed E-state index contributed by atoms with van der Waals surface area (Å²) in [7, 11) is 1.74. The molecule has 6 heteroatoms. The fourth-order valence-corrected chi connectivity index (χ4v) is 2.82. The summed E-state index contributed by atoms with van der Waals surface area (Å²) in [6.07, 6.45) is 2.23. The number of carbonyl (C=O) groups excluding carboxylic acids is 3. The van der Waals surface area contributed by atoms with Crippen molar-refractivity contribution in [3.63, 3.8) is 0 Å². The summed E-state index contributed by atoms with van der Waals surface area (Å²) in [5.41, 5.74) is -0.796. The van der Waals surface area contributed by atoms with Gasteiger partial charge < -0.3 is 10.2 Å². The molecule has 4 amide bonds. The van der Waals surface area contributed by atoms with Crippen molar-refractivity contribution in [3.05, 3.63) is 0 Å². The van der Waals surface area contributed by atoms with Gasteiger partial charge >= 0.3 is 6.03 Å². The first-order chi connectivity index (χ1) is 9.48. The van der Waals surface area contributed by atoms with Crippen LogP contribution >= 0.6 is 0 Å². The molecule has 1 saturated carbocycles. The van der Waals surface area contributed by atoms with Gasteiger partial charge in [0.15, 0.2) is 0 Å². The highest BCUT2D eigenvalue weighted by Gasteiger charge is 2.49. The van der Waals surface area contributed by atoms with E-state index >= 15 is 0 Å². The Balaban J connectivity index is 1.94. The Labute approximate surface area is 118 Å². The Kier molecular flexibility index (Phi) is 3.98. The minimum absolute atomic E-state index is 0.0623. The predicted molar refractivity (Wildman–Crippen MR) is 72.5 cm³/mol. The van der Waals surface area contributed by atoms with Gasteiger partial charge in [0.25, 0.3) is 5.91 Å². The predicted octanol–water partition coefficient (Wildman–Crippen LogP) is 0.236. The summed E-state index contributed by atoms with van der Waals surface area (Å²) in [5, 5.41) is 4.96. The van der Waals surface area contributed by atoms with Crippen molar-refractivity contribution < 1.29 is 14.4 Å². The van der Waals surface area contributed by atoms with Gasteiger partial charge in [0.1, 0.15) is 5.54 Å². The van der Waals surface area contributed by atoms with Crippen LogP contribution in [0.4, 0.5) is 4.79 Å². The first-order valence-electron chi connectivity index (χ1n) is 6.77. The number of urea groups is 1. The molecule has 0 aromatic rings. The van der Waals surface area contributed by atoms with Crippen LogP contribution in [0.1, 0.15) is 32.6 Å². The normalized spacial score (nSPS) is 28.4. The Morgan fingerprint density at radius 2 is 2.05 bits per heavy atom. The van der Waals surface area contributed by atoms with Gasteiger partial charge in [-0.3, -0.25) is 14.9 Å². The van der Waals surface area contributed by atoms with E-state index in [0.717, 1.165) is 0 Å². The standard InChI is InChI=1S/C14H19N3O3/c1-3-4-9-17(2)11(18)10-5-7-14(8-6-10)12(19)15-13(20)16-14/h10H,5-9H2,1-2H3,(H2,15,16,19,20). The second kappa shape index (κ2) is 5.53. The third-order valence-electron chi connectivity index (χ3n) is 4.07. The third-order valence-corrected chi connectivity index (χ3v) is 4.07. The number of nitrogens with zero attached hydrogens (tertiary/aromatic N) is 1. The summed E-state index contributed by atoms with van der Waals surface area (Å²) < 4.78 is 0. The lowest BCUT2D eigenvalue weighted by atomic mass is 9.76. The van der Waals surface area contributed by atoms with Gasteiger partial charge in [-0.05, 0) is 32.6 Å². The molecule has 0 atom stereocenters. The fourth-order valence-electron chi connectivity index (χ4n) is 2.82. The highest BCUT2D eigenvalue weighted by molar-refractivity contribution is 6.07. The van der Waals surface area contributed by atoms with Crippen molar-refractivity contribution >= 4 is 17.8 Å². The van der Waals surface area contributed by atoms with Crippen LogP contribution in [0.5, 0.6) is 0 Å². The van der Waals surface area contributed by atoms with Crippen LogP contribution < -0.4 is 10.6 Å². The van der Waals surface area contributed by atoms with Crippen LogP contribution in [0.3, 0.4) is 0 Å². The van der Waals surface area contributed by atoms with E-state index in [1.54, 1.807) is 18.9 Å². The van der Waals surface area contributed by atoms with Crippen molar-refractivity contribution in [2.45, 2.75) is 38.1 Å². The second-order valence-electron chi connectivity index (χ2n) is 5.39. The summed E-state index contributed by atoms with van der Waals surface area (Å²) in [5.74, 6) is 5.33. The number of hydrogen-bond acceptors (Lipinski definition) is 3. The molecule has 1 aliphatic carbocycles. The zero-order chi connectivity index (χ0) is 14.8. The van der Waals surface area contributed by atoms with E-state index in [1.165, 1.54) is 0 Å². The summed E-state index contributed by atoms with van der Waals surface area (Å²) in [6.45, 7) is 2.16. The Morgan fingerprint density at radius 1 is 1.40 bits per heavy atom. The average Bonchev–Trinajstić information content (AvgIpc) is 2.70. The van der Waals surface area contributed by atoms with E-state index in [2.05, 4.69) is 22.5 Å². The Hall–Kier alpha value is -2.03. The van der Waals surface area contributed by atoms with Crippen molar-refractivity contribution in [2.24, 2.45) is 5.92 Å². The van der Waals surface area contributed by atoms with Crippen LogP contribution in [0.2, 0.25) is 0 Å². The summed E-state index contributed by atoms with van der Waals surface area (Å²) >= 11 is 0. The monoisotopic (exact) mass is 277 g/mol. The van der Waals surface area contributed by atoms with Crippen molar-refractivity contribution in [1.82, 2.24) is 15.5 Å². The number of carbonyl (C=O) groups is 3. The molecule has 1 spiro atoms. The van der Waals surface area contributed by atoms with Gasteiger partial charge in [-0.2, -0.15) is 0 Å². The number of nitrogens with one attached hydrogen (secondary N) is 2. The van der Waals surface area contributed by atoms with Crippen LogP contribution in [-0.2, 0) is 9.59 Å². The number of amides is 4. The fraction of sp³-hybridized carbons (Fsp3) is 0.643. The van der Waals surface area contributed by atoms with Gasteiger partial charge in [0.2, 0.25) is 5.91 Å². The van der Waals surface area contributed by atoms with Gasteiger partial charge in [0, 0.05) is 13.0 Å². The zero-order valence-electron chi connectivity index (χ0n) is 11.8. The summed E-state index contributed by atoms with van der Waals surface area (Å²) in [4.78, 5) is 36.9. The molecule has 1 aliphatic heterocycles. The minimum atomic E-state index is -0.796. The molecular formula is C14H19N3O3. The van der Waals surface area contributed by atoms with Gasteiger partial charge in [-0.15, -0.1) is 5.92 Å². The molecule has 0 radical (unpaired) electrons. The smallest absolute Gasteiger partial charge is 0.322 e. The third kappa shape index (κ3) is 2.62. The highest BCUT2D eigenvalue weighted by Crippen LogP contribution is 2.34. The molecular weight excluding hydrogens is 258 g/mol. The second-order valence-corrected chi connectivity index (χ2v) is 5.39. The van der Waals surface area contributed by atoms with Crippen molar-refractivity contribution in [3.8, 4) is 11.8 Å². The van der Waals surface area contributed by atoms with E-state index in [1.807, 2.05) is 0 Å². The number of imide groups is 1. The molecule has 0 bridgehead atoms. The molecule has 6 nitrogen and oxygen atoms in total. The molecule has 0 unspecified atom stereocenters. The molecule has 2 fully saturated rings. The molecule has 2 aliphatic rings. The van der Waals surface area contributed by atoms with E-state index in [4.69, 9.17) is 0 Å². The molecule has 2 N–H and O–H groups in total. The molecule has 108 valence electrons. The van der Waals surface area contributed by atoms with Crippen LogP contribution in [0, 0.1) is 17.8 Å². The Morgan fingerprint density at radius 3 is 2.55 bits per heavy atom. The maximum Gasteiger partial charge on any atom is 0.322 e. The maximum atomic E-state index is 12.2. The van der Waals surface area contributed by atoms with E-state index in [9.17, 15) is 14.4 Å². The zero-order valence-corrected chi connectivity index (χ0v) is 11.8. The lowest BCUT2D eigenvalue weighted by molar-refractivity contribution is -0.136. The average molecular weight is 277 g/mol. The van der Waals surface area contributed by atoms with Crippen LogP contribution in [-0.4, -0.2) is 41.9 Å². The highest BCUT2D eigenvalue weighted by atomic mass is 16.2. The van der Waals surface area contributed by atoms with E-state index in [-0.39, 0.29) is 17.7 Å². The molecule has 2 rings (SSSR count). The Bertz CT molecular complexity index is 496. The molecule has 0 aromatic heterocycles. The lowest BCUT2D eigenvalue weighted by Gasteiger charge is -2.35. The number of rotatable bonds is 2. The molecule has 1 heterocycles. The largest absolute Gasteiger partial charge is 0.334 e. The van der Waals surface area contributed by atoms with Gasteiger partial charge in [0.05, 0.1) is 6.54 Å². The first kappa shape index (κ1) is 14.4. The van der Waals surface area contributed by atoms with E-state index in [0.29, 0.717) is 32.2 Å². The lowest BCUT2D eigenvalue weighted by Crippen LogP contribution is -2.51. The maximum absolute atomic E-state index is 12.2. The van der Waals surface area contributed by atoms with Gasteiger partial charge in [-0.1, -0.05) is 5.92 Å². The SMILES string of the molecule is CC#CCN(C)C(=O)C1CCC2(CC1)NC(=O)NC2=O. The van der Waals surface area contributed by atoms with Gasteiger partial charge in [-0.25, -0.2) is 4.79 Å². The van der Waals surface area contributed by atoms with Crippen LogP contribution in [0.25, 0.3) is 0 Å². The van der Waals surface area contributed by atoms with E-state index < -0.39 is 11.6 Å².